The summed E-state index contributed by atoms with van der Waals surface area (Å²) in [5.74, 6) is -0.0897. The molecule has 0 unspecified atom stereocenters. The maximum Gasteiger partial charge on any atom is 0.256 e. The molecule has 0 bridgehead atoms. The van der Waals surface area contributed by atoms with Crippen molar-refractivity contribution in [2.45, 2.75) is 50.0 Å². The summed E-state index contributed by atoms with van der Waals surface area (Å²) in [5, 5.41) is 16.1. The van der Waals surface area contributed by atoms with Crippen LogP contribution in [0.2, 0.25) is 0 Å². The van der Waals surface area contributed by atoms with Gasteiger partial charge in [-0.15, -0.1) is 6.58 Å². The predicted octanol–water partition coefficient (Wildman–Crippen LogP) is 3.73. The van der Waals surface area contributed by atoms with E-state index >= 15 is 0 Å². The van der Waals surface area contributed by atoms with Gasteiger partial charge < -0.3 is 24.6 Å². The highest BCUT2D eigenvalue weighted by atomic mass is 28.3. The van der Waals surface area contributed by atoms with Crippen LogP contribution in [0.3, 0.4) is 0 Å². The number of hydrogen-bond donors (Lipinski definition) is 2. The van der Waals surface area contributed by atoms with Crippen LogP contribution >= 0.6 is 0 Å². The van der Waals surface area contributed by atoms with E-state index in [4.69, 9.17) is 19.2 Å². The van der Waals surface area contributed by atoms with Crippen molar-refractivity contribution in [3.05, 3.63) is 122 Å². The number of carbonyl (C=O) groups excluding carboxylic acids is 1. The van der Waals surface area contributed by atoms with E-state index in [1.54, 1.807) is 41.2 Å². The summed E-state index contributed by atoms with van der Waals surface area (Å²) in [4.78, 5) is 26.9. The molecular weight excluding hydrogens is 611 g/mol. The van der Waals surface area contributed by atoms with Gasteiger partial charge in [0.25, 0.3) is 5.91 Å². The zero-order valence-corrected chi connectivity index (χ0v) is 27.6. The second kappa shape index (κ2) is 13.7. The summed E-state index contributed by atoms with van der Waals surface area (Å²) in [7, 11) is -2.08. The number of amides is 1. The lowest BCUT2D eigenvalue weighted by atomic mass is 10.1. The van der Waals surface area contributed by atoms with Crippen LogP contribution in [0, 0.1) is 0 Å². The normalized spacial score (nSPS) is 21.3. The van der Waals surface area contributed by atoms with Crippen molar-refractivity contribution in [1.82, 2.24) is 19.5 Å². The average Bonchev–Trinajstić information content (AvgIpc) is 3.64. The van der Waals surface area contributed by atoms with Crippen molar-refractivity contribution in [3.63, 3.8) is 0 Å². The highest BCUT2D eigenvalue weighted by Crippen LogP contribution is 2.42. The maximum atomic E-state index is 13.1. The first-order chi connectivity index (χ1) is 22.7. The number of nitrogens with one attached hydrogen (secondary N) is 1. The van der Waals surface area contributed by atoms with Gasteiger partial charge in [0.05, 0.1) is 25.1 Å². The van der Waals surface area contributed by atoms with E-state index in [1.165, 1.54) is 6.33 Å². The average molecular weight is 649 g/mol. The topological polar surface area (TPSA) is 121 Å². The molecule has 2 aromatic heterocycles. The minimum atomic E-state index is -2.08. The van der Waals surface area contributed by atoms with Crippen molar-refractivity contribution in [3.8, 4) is 0 Å². The third-order valence-corrected chi connectivity index (χ3v) is 11.1. The second-order valence-corrected chi connectivity index (χ2v) is 14.9. The molecule has 10 nitrogen and oxygen atoms in total. The molecule has 6 rings (SSSR count). The summed E-state index contributed by atoms with van der Waals surface area (Å²) in [6.45, 7) is 10.1. The molecule has 1 amide bonds. The van der Waals surface area contributed by atoms with E-state index < -0.39 is 38.1 Å². The molecule has 1 aliphatic heterocycles. The smallest absolute Gasteiger partial charge is 0.256 e. The SMILES string of the molecule is C=CCO[C@H]1[C@@H](O)[C@@](n2cnc3c(NC(=O)c4ccccc4)ncnc32)([Si](c2ccccc2)c2ccccc2)O[C@@H]1COC(C)(C)C. The summed E-state index contributed by atoms with van der Waals surface area (Å²) in [6.07, 6.45) is 2.00. The third kappa shape index (κ3) is 6.53. The molecule has 1 saturated heterocycles. The standard InChI is InChI=1S/C36H38N5O5Si/c1-5-21-44-30-28(22-45-35(2,3)4)46-36(31(30)42,47(26-17-11-7-12-18-26)27-19-13-8-14-20-27)41-24-39-29-32(37-23-38-33(29)41)40-34(43)25-15-9-6-10-16-25/h5-20,23-24,28,30-31,42H,1,21-22H2,2-4H3,(H,37,38,40,43)/t28-,30-,31-,36+/m1/s1. The number of nitrogens with zero attached hydrogens (tertiary/aromatic N) is 4. The molecule has 3 heterocycles. The first-order valence-corrected chi connectivity index (χ1v) is 17.0. The van der Waals surface area contributed by atoms with Gasteiger partial charge in [0.2, 0.25) is 0 Å². The molecule has 11 heteroatoms. The number of rotatable bonds is 11. The van der Waals surface area contributed by atoms with E-state index in [2.05, 4.69) is 46.1 Å². The number of aliphatic hydroxyl groups is 1. The van der Waals surface area contributed by atoms with Crippen LogP contribution in [0.15, 0.2) is 116 Å². The van der Waals surface area contributed by atoms with Crippen molar-refractivity contribution in [2.24, 2.45) is 0 Å². The zero-order valence-electron chi connectivity index (χ0n) is 26.6. The maximum absolute atomic E-state index is 13.1. The molecule has 1 aliphatic rings. The van der Waals surface area contributed by atoms with Crippen LogP contribution in [0.1, 0.15) is 31.1 Å². The van der Waals surface area contributed by atoms with Gasteiger partial charge in [-0.2, -0.15) is 0 Å². The molecule has 1 fully saturated rings. The molecule has 1 radical (unpaired) electrons. The fourth-order valence-electron chi connectivity index (χ4n) is 5.89. The Morgan fingerprint density at radius 3 is 2.21 bits per heavy atom. The van der Waals surface area contributed by atoms with Crippen molar-refractivity contribution < 1.29 is 24.1 Å². The summed E-state index contributed by atoms with van der Waals surface area (Å²) < 4.78 is 21.5. The molecule has 4 atom stereocenters. The number of hydrogen-bond acceptors (Lipinski definition) is 8. The largest absolute Gasteiger partial charge is 0.386 e. The molecule has 241 valence electrons. The Morgan fingerprint density at radius 1 is 1.00 bits per heavy atom. The molecule has 0 aliphatic carbocycles. The van der Waals surface area contributed by atoms with E-state index in [0.29, 0.717) is 16.7 Å². The Balaban J connectivity index is 1.55. The van der Waals surface area contributed by atoms with Crippen LogP contribution in [0.25, 0.3) is 11.2 Å². The van der Waals surface area contributed by atoms with Gasteiger partial charge in [-0.1, -0.05) is 95.3 Å². The Kier molecular flexibility index (Phi) is 9.44. The van der Waals surface area contributed by atoms with Crippen LogP contribution in [-0.2, 0) is 19.6 Å². The summed E-state index contributed by atoms with van der Waals surface area (Å²) in [5.41, 5.74) is 0.756. The molecule has 47 heavy (non-hydrogen) atoms. The molecule has 2 N–H and O–H groups in total. The van der Waals surface area contributed by atoms with Crippen LogP contribution in [0.5, 0.6) is 0 Å². The van der Waals surface area contributed by atoms with Crippen molar-refractivity contribution in [1.29, 1.82) is 0 Å². The zero-order chi connectivity index (χ0) is 33.0. The molecule has 3 aromatic carbocycles. The number of fused-ring (bicyclic) bond motifs is 1. The van der Waals surface area contributed by atoms with E-state index in [-0.39, 0.29) is 24.9 Å². The Bertz CT molecular complexity index is 1780. The van der Waals surface area contributed by atoms with E-state index in [9.17, 15) is 9.90 Å². The van der Waals surface area contributed by atoms with Gasteiger partial charge in [-0.3, -0.25) is 9.36 Å². The molecular formula is C36H38N5O5Si. The second-order valence-electron chi connectivity index (χ2n) is 12.2. The van der Waals surface area contributed by atoms with Crippen molar-refractivity contribution in [2.75, 3.05) is 18.5 Å². The van der Waals surface area contributed by atoms with Gasteiger partial charge >= 0.3 is 0 Å². The third-order valence-electron chi connectivity index (χ3n) is 7.94. The van der Waals surface area contributed by atoms with Gasteiger partial charge in [-0.05, 0) is 32.9 Å². The first-order valence-electron chi connectivity index (χ1n) is 15.5. The fraction of sp³-hybridized carbons (Fsp3) is 0.278. The van der Waals surface area contributed by atoms with Gasteiger partial charge in [0.15, 0.2) is 31.1 Å². The Hall–Kier alpha value is -4.52. The number of aromatic nitrogens is 4. The van der Waals surface area contributed by atoms with Crippen molar-refractivity contribution >= 4 is 42.1 Å². The van der Waals surface area contributed by atoms with E-state index in [1.807, 2.05) is 63.2 Å². The van der Waals surface area contributed by atoms with Crippen LogP contribution in [0.4, 0.5) is 5.82 Å². The van der Waals surface area contributed by atoms with Crippen LogP contribution < -0.4 is 15.7 Å². The fourth-order valence-corrected chi connectivity index (χ4v) is 9.23. The molecule has 5 aromatic rings. The highest BCUT2D eigenvalue weighted by molar-refractivity contribution is 6.86. The van der Waals surface area contributed by atoms with Gasteiger partial charge in [-0.25, -0.2) is 15.0 Å². The van der Waals surface area contributed by atoms with E-state index in [0.717, 1.165) is 10.4 Å². The minimum absolute atomic E-state index is 0.169. The number of anilines is 1. The monoisotopic (exact) mass is 648 g/mol. The number of imidazole rings is 1. The lowest BCUT2D eigenvalue weighted by Gasteiger charge is -2.40. The number of benzene rings is 3. The number of ether oxygens (including phenoxy) is 3. The van der Waals surface area contributed by atoms with Crippen LogP contribution in [-0.4, -0.2) is 76.5 Å². The Morgan fingerprint density at radius 2 is 1.62 bits per heavy atom. The molecule has 0 spiro atoms. The predicted molar refractivity (Wildman–Crippen MR) is 182 cm³/mol. The highest BCUT2D eigenvalue weighted by Gasteiger charge is 2.62. The quantitative estimate of drug-likeness (QED) is 0.164. The first kappa shape index (κ1) is 32.4. The summed E-state index contributed by atoms with van der Waals surface area (Å²) >= 11 is 0. The molecule has 0 saturated carbocycles. The lowest BCUT2D eigenvalue weighted by molar-refractivity contribution is -0.120. The Labute approximate surface area is 275 Å². The number of carbonyl (C=O) groups is 1. The summed E-state index contributed by atoms with van der Waals surface area (Å²) in [6, 6.07) is 28.9. The lowest BCUT2D eigenvalue weighted by Crippen LogP contribution is -2.66. The minimum Gasteiger partial charge on any atom is -0.386 e. The van der Waals surface area contributed by atoms with Gasteiger partial charge in [0, 0.05) is 5.56 Å². The van der Waals surface area contributed by atoms with Gasteiger partial charge in [0.1, 0.15) is 24.6 Å². The number of aliphatic hydroxyl groups excluding tert-OH is 1.